The first-order valence-corrected chi connectivity index (χ1v) is 9.65. The zero-order chi connectivity index (χ0) is 20.9. The summed E-state index contributed by atoms with van der Waals surface area (Å²) in [6, 6.07) is 10.4. The highest BCUT2D eigenvalue weighted by Crippen LogP contribution is 2.31. The summed E-state index contributed by atoms with van der Waals surface area (Å²) in [6.07, 6.45) is -0.920. The zero-order valence-corrected chi connectivity index (χ0v) is 16.3. The van der Waals surface area contributed by atoms with Crippen LogP contribution in [0.25, 0.3) is 0 Å². The number of hydrogen-bond donors (Lipinski definition) is 0. The van der Waals surface area contributed by atoms with E-state index in [1.54, 1.807) is 18.2 Å². The third-order valence-electron chi connectivity index (χ3n) is 4.86. The number of carbonyl (C=O) groups excluding carboxylic acids is 1. The van der Waals surface area contributed by atoms with Gasteiger partial charge in [0.05, 0.1) is 18.5 Å². The molecule has 29 heavy (non-hydrogen) atoms. The van der Waals surface area contributed by atoms with Crippen molar-refractivity contribution in [1.82, 2.24) is 4.90 Å². The second-order valence-corrected chi connectivity index (χ2v) is 7.39. The van der Waals surface area contributed by atoms with Crippen LogP contribution in [0.5, 0.6) is 5.75 Å². The van der Waals surface area contributed by atoms with Gasteiger partial charge in [-0.05, 0) is 43.0 Å². The molecule has 2 heterocycles. The van der Waals surface area contributed by atoms with Crippen molar-refractivity contribution < 1.29 is 27.1 Å². The lowest BCUT2D eigenvalue weighted by molar-refractivity contribution is -0.164. The molecule has 1 aromatic carbocycles. The van der Waals surface area contributed by atoms with Gasteiger partial charge in [-0.1, -0.05) is 19.1 Å². The highest BCUT2D eigenvalue weighted by atomic mass is 19.4. The fourth-order valence-corrected chi connectivity index (χ4v) is 3.52. The minimum Gasteiger partial charge on any atom is -0.482 e. The van der Waals surface area contributed by atoms with Gasteiger partial charge in [0.25, 0.3) is 5.91 Å². The van der Waals surface area contributed by atoms with Crippen LogP contribution >= 0.6 is 0 Å². The molecule has 0 spiro atoms. The number of para-hydroxylation sites is 2. The first-order chi connectivity index (χ1) is 13.8. The lowest BCUT2D eigenvalue weighted by Crippen LogP contribution is -2.41. The van der Waals surface area contributed by atoms with Gasteiger partial charge in [0.2, 0.25) is 0 Å². The van der Waals surface area contributed by atoms with Crippen molar-refractivity contribution >= 4 is 11.6 Å². The largest absolute Gasteiger partial charge is 0.482 e. The molecule has 1 atom stereocenters. The number of anilines is 1. The maximum atomic E-state index is 12.9. The number of piperidine rings is 1. The monoisotopic (exact) mass is 410 g/mol. The molecule has 1 amide bonds. The van der Waals surface area contributed by atoms with E-state index in [0.717, 1.165) is 31.6 Å². The molecule has 1 saturated heterocycles. The van der Waals surface area contributed by atoms with Crippen LogP contribution in [0.4, 0.5) is 18.9 Å². The van der Waals surface area contributed by atoms with E-state index in [1.807, 2.05) is 12.1 Å². The Balaban J connectivity index is 1.68. The Labute approximate surface area is 168 Å². The van der Waals surface area contributed by atoms with E-state index in [1.165, 1.54) is 12.3 Å². The molecule has 3 rings (SSSR count). The number of ether oxygens (including phenoxy) is 1. The van der Waals surface area contributed by atoms with Crippen molar-refractivity contribution in [3.8, 4) is 5.75 Å². The van der Waals surface area contributed by atoms with E-state index in [2.05, 4.69) is 11.8 Å². The number of amides is 1. The summed E-state index contributed by atoms with van der Waals surface area (Å²) in [7, 11) is 0. The number of furan rings is 1. The number of hydrogen-bond acceptors (Lipinski definition) is 4. The number of alkyl halides is 3. The van der Waals surface area contributed by atoms with Crippen molar-refractivity contribution in [2.45, 2.75) is 32.5 Å². The van der Waals surface area contributed by atoms with Gasteiger partial charge in [0.15, 0.2) is 6.61 Å². The SMILES string of the molecule is CC1CCCN(c2ccccc2OCC(=O)N(Cc2ccco2)CC(F)(F)F)C1. The molecule has 5 nitrogen and oxygen atoms in total. The average molecular weight is 410 g/mol. The van der Waals surface area contributed by atoms with Crippen molar-refractivity contribution in [3.63, 3.8) is 0 Å². The van der Waals surface area contributed by atoms with Crippen LogP contribution in [-0.4, -0.2) is 43.2 Å². The Kier molecular flexibility index (Phi) is 6.71. The molecule has 2 aromatic rings. The van der Waals surface area contributed by atoms with Gasteiger partial charge >= 0.3 is 6.18 Å². The minimum absolute atomic E-state index is 0.264. The van der Waals surface area contributed by atoms with Crippen LogP contribution in [-0.2, 0) is 11.3 Å². The summed E-state index contributed by atoms with van der Waals surface area (Å²) in [6.45, 7) is 1.85. The number of halogens is 3. The van der Waals surface area contributed by atoms with E-state index >= 15 is 0 Å². The number of benzene rings is 1. The quantitative estimate of drug-likeness (QED) is 0.675. The molecule has 0 radical (unpaired) electrons. The van der Waals surface area contributed by atoms with Crippen LogP contribution in [0.15, 0.2) is 47.1 Å². The van der Waals surface area contributed by atoms with Crippen LogP contribution in [0, 0.1) is 5.92 Å². The molecule has 8 heteroatoms. The minimum atomic E-state index is -4.51. The number of rotatable bonds is 7. The normalized spacial score (nSPS) is 17.2. The number of nitrogens with zero attached hydrogens (tertiary/aromatic N) is 2. The Morgan fingerprint density at radius 3 is 2.76 bits per heavy atom. The van der Waals surface area contributed by atoms with Crippen molar-refractivity contribution in [3.05, 3.63) is 48.4 Å². The predicted octanol–water partition coefficient (Wildman–Crippen LogP) is 4.49. The molecule has 1 unspecified atom stereocenters. The number of carbonyl (C=O) groups is 1. The molecule has 0 bridgehead atoms. The molecular formula is C21H25F3N2O3. The van der Waals surface area contributed by atoms with Gasteiger partial charge in [-0.25, -0.2) is 0 Å². The Morgan fingerprint density at radius 2 is 2.07 bits per heavy atom. The van der Waals surface area contributed by atoms with E-state index in [4.69, 9.17) is 9.15 Å². The van der Waals surface area contributed by atoms with Gasteiger partial charge in [-0.15, -0.1) is 0 Å². The first kappa shape index (κ1) is 21.1. The zero-order valence-electron chi connectivity index (χ0n) is 16.3. The smallest absolute Gasteiger partial charge is 0.406 e. The van der Waals surface area contributed by atoms with E-state index in [-0.39, 0.29) is 12.3 Å². The summed E-state index contributed by atoms with van der Waals surface area (Å²) < 4.78 is 49.6. The molecule has 0 N–H and O–H groups in total. The fourth-order valence-electron chi connectivity index (χ4n) is 3.52. The van der Waals surface area contributed by atoms with E-state index < -0.39 is 25.2 Å². The van der Waals surface area contributed by atoms with Crippen LogP contribution in [0.1, 0.15) is 25.5 Å². The second kappa shape index (κ2) is 9.24. The van der Waals surface area contributed by atoms with Gasteiger partial charge in [-0.2, -0.15) is 13.2 Å². The van der Waals surface area contributed by atoms with Gasteiger partial charge in [0.1, 0.15) is 18.1 Å². The van der Waals surface area contributed by atoms with Gasteiger partial charge in [0, 0.05) is 13.1 Å². The lowest BCUT2D eigenvalue weighted by Gasteiger charge is -2.33. The summed E-state index contributed by atoms with van der Waals surface area (Å²) in [5, 5.41) is 0. The molecule has 1 aliphatic rings. The second-order valence-electron chi connectivity index (χ2n) is 7.39. The van der Waals surface area contributed by atoms with Crippen molar-refractivity contribution in [2.24, 2.45) is 5.92 Å². The molecule has 1 aliphatic heterocycles. The molecular weight excluding hydrogens is 385 g/mol. The van der Waals surface area contributed by atoms with Crippen LogP contribution < -0.4 is 9.64 Å². The third kappa shape index (κ3) is 6.17. The van der Waals surface area contributed by atoms with E-state index in [0.29, 0.717) is 16.6 Å². The topological polar surface area (TPSA) is 45.9 Å². The third-order valence-corrected chi connectivity index (χ3v) is 4.86. The molecule has 1 aromatic heterocycles. The first-order valence-electron chi connectivity index (χ1n) is 9.65. The maximum Gasteiger partial charge on any atom is 0.406 e. The maximum absolute atomic E-state index is 12.9. The van der Waals surface area contributed by atoms with E-state index in [9.17, 15) is 18.0 Å². The van der Waals surface area contributed by atoms with Crippen molar-refractivity contribution in [1.29, 1.82) is 0 Å². The highest BCUT2D eigenvalue weighted by molar-refractivity contribution is 5.78. The van der Waals surface area contributed by atoms with Crippen molar-refractivity contribution in [2.75, 3.05) is 31.1 Å². The van der Waals surface area contributed by atoms with Crippen LogP contribution in [0.3, 0.4) is 0 Å². The fraction of sp³-hybridized carbons (Fsp3) is 0.476. The predicted molar refractivity (Wildman–Crippen MR) is 103 cm³/mol. The van der Waals surface area contributed by atoms with Crippen LogP contribution in [0.2, 0.25) is 0 Å². The average Bonchev–Trinajstić information content (AvgIpc) is 3.18. The standard InChI is InChI=1S/C21H25F3N2O3/c1-16-6-4-10-25(12-16)18-8-2-3-9-19(18)29-14-20(27)26(15-21(22,23)24)13-17-7-5-11-28-17/h2-3,5,7-9,11,16H,4,6,10,12-15H2,1H3. The lowest BCUT2D eigenvalue weighted by atomic mass is 9.99. The summed E-state index contributed by atoms with van der Waals surface area (Å²) in [4.78, 5) is 15.4. The van der Waals surface area contributed by atoms with Gasteiger partial charge in [-0.3, -0.25) is 4.79 Å². The molecule has 1 fully saturated rings. The summed E-state index contributed by atoms with van der Waals surface area (Å²) in [5.41, 5.74) is 0.861. The summed E-state index contributed by atoms with van der Waals surface area (Å²) >= 11 is 0. The van der Waals surface area contributed by atoms with Gasteiger partial charge < -0.3 is 19.0 Å². The Morgan fingerprint density at radius 1 is 1.28 bits per heavy atom. The molecule has 0 saturated carbocycles. The molecule has 0 aliphatic carbocycles. The molecule has 158 valence electrons. The Bertz CT molecular complexity index is 793. The Hall–Kier alpha value is -2.64. The summed E-state index contributed by atoms with van der Waals surface area (Å²) in [5.74, 6) is 0.583. The highest BCUT2D eigenvalue weighted by Gasteiger charge is 2.33.